The van der Waals surface area contributed by atoms with E-state index in [-0.39, 0.29) is 12.7 Å². The first-order valence-corrected chi connectivity index (χ1v) is 5.71. The average molecular weight is 270 g/mol. The maximum atomic E-state index is 8.90. The topological polar surface area (TPSA) is 29.5 Å². The van der Waals surface area contributed by atoms with Crippen LogP contribution in [0.1, 0.15) is 25.7 Å². The van der Waals surface area contributed by atoms with Gasteiger partial charge in [-0.2, -0.15) is 0 Å². The van der Waals surface area contributed by atoms with Crippen molar-refractivity contribution in [3.63, 3.8) is 0 Å². The number of halogens is 1. The van der Waals surface area contributed by atoms with E-state index in [2.05, 4.69) is 22.6 Å². The predicted octanol–water partition coefficient (Wildman–Crippen LogP) is 1.74. The summed E-state index contributed by atoms with van der Waals surface area (Å²) in [6.45, 7) is 0.188. The molecule has 1 aliphatic heterocycles. The van der Waals surface area contributed by atoms with Gasteiger partial charge in [0.15, 0.2) is 0 Å². The Bertz CT molecular complexity index is 96.3. The van der Waals surface area contributed by atoms with Gasteiger partial charge in [-0.3, -0.25) is 0 Å². The van der Waals surface area contributed by atoms with Crippen molar-refractivity contribution in [2.24, 2.45) is 0 Å². The lowest BCUT2D eigenvalue weighted by Crippen LogP contribution is -2.23. The maximum Gasteiger partial charge on any atom is 0.0809 e. The minimum absolute atomic E-state index is 0.109. The van der Waals surface area contributed by atoms with E-state index in [1.807, 2.05) is 0 Å². The van der Waals surface area contributed by atoms with Crippen molar-refractivity contribution in [2.45, 2.75) is 37.9 Å². The Morgan fingerprint density at radius 1 is 1.27 bits per heavy atom. The zero-order valence-corrected chi connectivity index (χ0v) is 8.79. The molecular weight excluding hydrogens is 255 g/mol. The highest BCUT2D eigenvalue weighted by Gasteiger charge is 2.18. The molecule has 3 heteroatoms. The molecular formula is C8H15IO2. The van der Waals surface area contributed by atoms with Crippen LogP contribution in [0.2, 0.25) is 0 Å². The summed E-state index contributed by atoms with van der Waals surface area (Å²) >= 11 is 2.34. The van der Waals surface area contributed by atoms with Crippen LogP contribution in [0.25, 0.3) is 0 Å². The Morgan fingerprint density at radius 2 is 1.91 bits per heavy atom. The Balaban J connectivity index is 2.33. The molecule has 0 aromatic carbocycles. The second-order valence-corrected chi connectivity index (χ2v) is 3.88. The molecule has 0 saturated carbocycles. The van der Waals surface area contributed by atoms with Gasteiger partial charge in [0.25, 0.3) is 0 Å². The van der Waals surface area contributed by atoms with Crippen molar-refractivity contribution < 1.29 is 9.84 Å². The van der Waals surface area contributed by atoms with Crippen LogP contribution in [-0.2, 0) is 4.74 Å². The van der Waals surface area contributed by atoms with Crippen LogP contribution in [0.3, 0.4) is 0 Å². The zero-order valence-electron chi connectivity index (χ0n) is 6.63. The summed E-state index contributed by atoms with van der Waals surface area (Å²) in [6.07, 6.45) is 5.15. The zero-order chi connectivity index (χ0) is 8.10. The first kappa shape index (κ1) is 9.74. The summed E-state index contributed by atoms with van der Waals surface area (Å²) in [5, 5.41) is 8.90. The molecule has 11 heavy (non-hydrogen) atoms. The van der Waals surface area contributed by atoms with E-state index in [1.54, 1.807) is 0 Å². The average Bonchev–Trinajstić information content (AvgIpc) is 2.28. The maximum absolute atomic E-state index is 8.90. The fourth-order valence-corrected chi connectivity index (χ4v) is 2.05. The van der Waals surface area contributed by atoms with Gasteiger partial charge < -0.3 is 9.84 Å². The third-order valence-corrected chi connectivity index (χ3v) is 3.05. The SMILES string of the molecule is OC[C@H]1CCCC[C@H](CI)O1. The molecule has 1 heterocycles. The third-order valence-electron chi connectivity index (χ3n) is 2.06. The molecule has 0 unspecified atom stereocenters. The lowest BCUT2D eigenvalue weighted by atomic mass is 10.1. The summed E-state index contributed by atoms with van der Waals surface area (Å²) in [4.78, 5) is 0. The van der Waals surface area contributed by atoms with Crippen molar-refractivity contribution >= 4 is 22.6 Å². The number of aliphatic hydroxyl groups is 1. The summed E-state index contributed by atoms with van der Waals surface area (Å²) < 4.78 is 6.70. The first-order valence-electron chi connectivity index (χ1n) is 4.19. The lowest BCUT2D eigenvalue weighted by Gasteiger charge is -2.17. The standard InChI is InChI=1S/C8H15IO2/c9-5-7-3-1-2-4-8(6-10)11-7/h7-8,10H,1-6H2/t7-,8-/m1/s1. The first-order chi connectivity index (χ1) is 5.36. The molecule has 0 amide bonds. The molecule has 2 nitrogen and oxygen atoms in total. The van der Waals surface area contributed by atoms with Gasteiger partial charge in [-0.25, -0.2) is 0 Å². The predicted molar refractivity (Wildman–Crippen MR) is 53.1 cm³/mol. The van der Waals surface area contributed by atoms with Crippen LogP contribution in [0, 0.1) is 0 Å². The van der Waals surface area contributed by atoms with Gasteiger partial charge in [0, 0.05) is 4.43 Å². The fourth-order valence-electron chi connectivity index (χ4n) is 1.40. The number of hydrogen-bond donors (Lipinski definition) is 1. The summed E-state index contributed by atoms with van der Waals surface area (Å²) in [7, 11) is 0. The van der Waals surface area contributed by atoms with Crippen LogP contribution < -0.4 is 0 Å². The van der Waals surface area contributed by atoms with Gasteiger partial charge in [0.2, 0.25) is 0 Å². The van der Waals surface area contributed by atoms with Crippen LogP contribution in [-0.4, -0.2) is 28.3 Å². The number of ether oxygens (including phenoxy) is 1. The Hall–Kier alpha value is 0.650. The van der Waals surface area contributed by atoms with Gasteiger partial charge in [0.1, 0.15) is 0 Å². The number of aliphatic hydroxyl groups excluding tert-OH is 1. The molecule has 1 saturated heterocycles. The molecule has 0 aliphatic carbocycles. The Kier molecular flexibility index (Phi) is 4.71. The Labute approximate surface area is 81.5 Å². The summed E-state index contributed by atoms with van der Waals surface area (Å²) in [6, 6.07) is 0. The van der Waals surface area contributed by atoms with Crippen molar-refractivity contribution in [1.82, 2.24) is 0 Å². The van der Waals surface area contributed by atoms with Crippen molar-refractivity contribution in [2.75, 3.05) is 11.0 Å². The van der Waals surface area contributed by atoms with E-state index >= 15 is 0 Å². The van der Waals surface area contributed by atoms with E-state index in [9.17, 15) is 0 Å². The summed E-state index contributed by atoms with van der Waals surface area (Å²) in [5.74, 6) is 0. The normalized spacial score (nSPS) is 33.3. The highest BCUT2D eigenvalue weighted by atomic mass is 127. The molecule has 1 aliphatic rings. The van der Waals surface area contributed by atoms with Gasteiger partial charge in [0.05, 0.1) is 18.8 Å². The highest BCUT2D eigenvalue weighted by Crippen LogP contribution is 2.19. The van der Waals surface area contributed by atoms with Gasteiger partial charge >= 0.3 is 0 Å². The molecule has 1 fully saturated rings. The summed E-state index contributed by atoms with van der Waals surface area (Å²) in [5.41, 5.74) is 0. The van der Waals surface area contributed by atoms with Crippen molar-refractivity contribution in [3.8, 4) is 0 Å². The smallest absolute Gasteiger partial charge is 0.0809 e. The van der Waals surface area contributed by atoms with Gasteiger partial charge in [-0.1, -0.05) is 35.4 Å². The monoisotopic (exact) mass is 270 g/mol. The molecule has 66 valence electrons. The van der Waals surface area contributed by atoms with Crippen molar-refractivity contribution in [3.05, 3.63) is 0 Å². The minimum atomic E-state index is 0.109. The van der Waals surface area contributed by atoms with E-state index in [0.29, 0.717) is 6.10 Å². The molecule has 1 N–H and O–H groups in total. The molecule has 0 spiro atoms. The van der Waals surface area contributed by atoms with Crippen LogP contribution in [0.15, 0.2) is 0 Å². The number of rotatable bonds is 2. The molecule has 2 atom stereocenters. The molecule has 1 rings (SSSR count). The molecule has 0 aromatic rings. The highest BCUT2D eigenvalue weighted by molar-refractivity contribution is 14.1. The van der Waals surface area contributed by atoms with Gasteiger partial charge in [-0.15, -0.1) is 0 Å². The van der Waals surface area contributed by atoms with Crippen molar-refractivity contribution in [1.29, 1.82) is 0 Å². The van der Waals surface area contributed by atoms with E-state index in [4.69, 9.17) is 9.84 Å². The van der Waals surface area contributed by atoms with Crippen LogP contribution >= 0.6 is 22.6 Å². The quantitative estimate of drug-likeness (QED) is 0.611. The van der Waals surface area contributed by atoms with Gasteiger partial charge in [-0.05, 0) is 12.8 Å². The molecule has 0 radical (unpaired) electrons. The largest absolute Gasteiger partial charge is 0.394 e. The fraction of sp³-hybridized carbons (Fsp3) is 1.00. The molecule has 0 bridgehead atoms. The third kappa shape index (κ3) is 3.25. The second-order valence-electron chi connectivity index (χ2n) is 3.00. The van der Waals surface area contributed by atoms with E-state index < -0.39 is 0 Å². The minimum Gasteiger partial charge on any atom is -0.394 e. The van der Waals surface area contributed by atoms with E-state index in [0.717, 1.165) is 10.8 Å². The van der Waals surface area contributed by atoms with Crippen LogP contribution in [0.5, 0.6) is 0 Å². The second kappa shape index (κ2) is 5.32. The van der Waals surface area contributed by atoms with Crippen LogP contribution in [0.4, 0.5) is 0 Å². The number of alkyl halides is 1. The lowest BCUT2D eigenvalue weighted by molar-refractivity contribution is -0.0236. The number of hydrogen-bond acceptors (Lipinski definition) is 2. The Morgan fingerprint density at radius 3 is 2.45 bits per heavy atom. The molecule has 0 aromatic heterocycles. The van der Waals surface area contributed by atoms with E-state index in [1.165, 1.54) is 19.3 Å².